The Hall–Kier alpha value is -3.74. The number of rotatable bonds is 5. The van der Waals surface area contributed by atoms with Crippen LogP contribution >= 0.6 is 0 Å². The van der Waals surface area contributed by atoms with E-state index >= 15 is 0 Å². The predicted molar refractivity (Wildman–Crippen MR) is 94.6 cm³/mol. The van der Waals surface area contributed by atoms with Gasteiger partial charge in [0.25, 0.3) is 5.91 Å². The van der Waals surface area contributed by atoms with E-state index in [9.17, 15) is 19.1 Å². The summed E-state index contributed by atoms with van der Waals surface area (Å²) in [6.07, 6.45) is 0. The van der Waals surface area contributed by atoms with Crippen molar-refractivity contribution in [2.24, 2.45) is 5.10 Å². The Morgan fingerprint density at radius 2 is 1.74 bits per heavy atom. The topological polar surface area (TPSA) is 94.7 Å². The number of hydrogen-bond donors (Lipinski definition) is 1. The maximum absolute atomic E-state index is 13.6. The van der Waals surface area contributed by atoms with Gasteiger partial charge in [0.1, 0.15) is 23.3 Å². The van der Waals surface area contributed by atoms with Crippen molar-refractivity contribution < 1.29 is 23.5 Å². The van der Waals surface area contributed by atoms with E-state index < -0.39 is 17.7 Å². The van der Waals surface area contributed by atoms with Crippen molar-refractivity contribution in [3.05, 3.63) is 83.4 Å². The van der Waals surface area contributed by atoms with Gasteiger partial charge in [-0.3, -0.25) is 4.79 Å². The molecule has 6 nitrogen and oxygen atoms in total. The summed E-state index contributed by atoms with van der Waals surface area (Å²) in [6, 6.07) is 15.4. The summed E-state index contributed by atoms with van der Waals surface area (Å²) >= 11 is 0. The van der Waals surface area contributed by atoms with Crippen molar-refractivity contribution in [2.45, 2.75) is 6.92 Å². The number of hydrazone groups is 1. The van der Waals surface area contributed by atoms with Gasteiger partial charge in [-0.2, -0.15) is 5.10 Å². The van der Waals surface area contributed by atoms with E-state index in [0.717, 1.165) is 5.56 Å². The van der Waals surface area contributed by atoms with Crippen LogP contribution in [0.3, 0.4) is 0 Å². The molecule has 27 heavy (non-hydrogen) atoms. The van der Waals surface area contributed by atoms with Crippen LogP contribution in [-0.4, -0.2) is 17.6 Å². The lowest BCUT2D eigenvalue weighted by Gasteiger charge is -2.05. The largest absolute Gasteiger partial charge is 0.542 e. The molecule has 0 atom stereocenters. The molecule has 7 heteroatoms. The van der Waals surface area contributed by atoms with Crippen LogP contribution in [0.15, 0.2) is 70.2 Å². The van der Waals surface area contributed by atoms with E-state index in [1.165, 1.54) is 30.3 Å². The van der Waals surface area contributed by atoms with Crippen LogP contribution in [0.25, 0.3) is 11.3 Å². The molecule has 2 aromatic carbocycles. The highest BCUT2D eigenvalue weighted by molar-refractivity contribution is 6.01. The monoisotopic (exact) mass is 365 g/mol. The molecular weight excluding hydrogens is 351 g/mol. The minimum Gasteiger partial charge on any atom is -0.542 e. The van der Waals surface area contributed by atoms with Crippen LogP contribution in [-0.2, 0) is 0 Å². The minimum absolute atomic E-state index is 0.0917. The molecule has 0 aliphatic carbocycles. The van der Waals surface area contributed by atoms with Crippen molar-refractivity contribution in [3.8, 4) is 11.3 Å². The van der Waals surface area contributed by atoms with Crippen LogP contribution in [0.4, 0.5) is 4.39 Å². The number of amides is 1. The number of halogens is 1. The standard InChI is InChI=1S/C20H15FN2O4/c1-12(22-23-19(24)15-4-2-3-5-16(15)21)13-6-8-14(9-7-13)17-10-11-18(27-17)20(25)26/h2-11H,1H3,(H,23,24)(H,25,26)/p-1/b22-12-. The molecule has 0 spiro atoms. The van der Waals surface area contributed by atoms with E-state index in [4.69, 9.17) is 4.42 Å². The second kappa shape index (κ2) is 7.65. The van der Waals surface area contributed by atoms with E-state index in [0.29, 0.717) is 17.0 Å². The first kappa shape index (κ1) is 18.1. The highest BCUT2D eigenvalue weighted by atomic mass is 19.1. The van der Waals surface area contributed by atoms with Gasteiger partial charge in [-0.15, -0.1) is 0 Å². The Bertz CT molecular complexity index is 1020. The Kier molecular flexibility index (Phi) is 5.12. The summed E-state index contributed by atoms with van der Waals surface area (Å²) in [5.41, 5.74) is 4.14. The van der Waals surface area contributed by atoms with E-state index in [1.807, 2.05) is 0 Å². The van der Waals surface area contributed by atoms with E-state index in [2.05, 4.69) is 10.5 Å². The molecule has 0 saturated heterocycles. The third kappa shape index (κ3) is 4.09. The maximum Gasteiger partial charge on any atom is 0.274 e. The predicted octanol–water partition coefficient (Wildman–Crippen LogP) is 2.60. The molecule has 3 aromatic rings. The van der Waals surface area contributed by atoms with Crippen LogP contribution in [0.2, 0.25) is 0 Å². The Morgan fingerprint density at radius 1 is 1.04 bits per heavy atom. The molecule has 0 bridgehead atoms. The summed E-state index contributed by atoms with van der Waals surface area (Å²) in [5.74, 6) is -2.51. The second-order valence-electron chi connectivity index (χ2n) is 5.65. The first-order valence-electron chi connectivity index (χ1n) is 7.97. The van der Waals surface area contributed by atoms with Gasteiger partial charge in [0.05, 0.1) is 11.3 Å². The number of aromatic carboxylic acids is 1. The second-order valence-corrected chi connectivity index (χ2v) is 5.65. The summed E-state index contributed by atoms with van der Waals surface area (Å²) in [4.78, 5) is 22.7. The fraction of sp³-hybridized carbons (Fsp3) is 0.0500. The van der Waals surface area contributed by atoms with Crippen LogP contribution in [0.1, 0.15) is 33.4 Å². The molecule has 0 aliphatic heterocycles. The molecule has 1 N–H and O–H groups in total. The summed E-state index contributed by atoms with van der Waals surface area (Å²) in [6.45, 7) is 1.69. The van der Waals surface area contributed by atoms with Crippen LogP contribution in [0, 0.1) is 5.82 Å². The summed E-state index contributed by atoms with van der Waals surface area (Å²) in [5, 5.41) is 14.7. The molecule has 1 amide bonds. The fourth-order valence-electron chi connectivity index (χ4n) is 2.38. The molecule has 0 aliphatic rings. The molecule has 1 heterocycles. The molecule has 0 radical (unpaired) electrons. The van der Waals surface area contributed by atoms with E-state index in [-0.39, 0.29) is 11.3 Å². The Morgan fingerprint density at radius 3 is 2.37 bits per heavy atom. The Balaban J connectivity index is 1.72. The highest BCUT2D eigenvalue weighted by Gasteiger charge is 2.10. The first-order chi connectivity index (χ1) is 13.0. The zero-order valence-corrected chi connectivity index (χ0v) is 14.2. The minimum atomic E-state index is -1.38. The Labute approximate surface area is 153 Å². The number of furan rings is 1. The normalized spacial score (nSPS) is 11.3. The smallest absolute Gasteiger partial charge is 0.274 e. The number of carbonyl (C=O) groups is 2. The number of hydrogen-bond acceptors (Lipinski definition) is 5. The molecule has 3 rings (SSSR count). The number of nitrogens with one attached hydrogen (secondary N) is 1. The van der Waals surface area contributed by atoms with Crippen molar-refractivity contribution >= 4 is 17.6 Å². The highest BCUT2D eigenvalue weighted by Crippen LogP contribution is 2.22. The van der Waals surface area contributed by atoms with Gasteiger partial charge >= 0.3 is 0 Å². The first-order valence-corrected chi connectivity index (χ1v) is 7.97. The van der Waals surface area contributed by atoms with E-state index in [1.54, 1.807) is 37.3 Å². The van der Waals surface area contributed by atoms with Gasteiger partial charge < -0.3 is 14.3 Å². The maximum atomic E-state index is 13.6. The molecule has 1 aromatic heterocycles. The van der Waals surface area contributed by atoms with Crippen LogP contribution in [0.5, 0.6) is 0 Å². The number of nitrogens with zero attached hydrogens (tertiary/aromatic N) is 1. The third-order valence-corrected chi connectivity index (χ3v) is 3.84. The number of carbonyl (C=O) groups excluding carboxylic acids is 2. The van der Waals surface area contributed by atoms with Crippen molar-refractivity contribution in [2.75, 3.05) is 0 Å². The zero-order valence-electron chi connectivity index (χ0n) is 14.2. The molecular formula is C20H14FN2O4-. The SMILES string of the molecule is C/C(=N/NC(=O)c1ccccc1F)c1ccc(-c2ccc(C(=O)[O-])o2)cc1. The molecule has 0 unspecified atom stereocenters. The molecule has 136 valence electrons. The number of carboxylic acids is 1. The van der Waals surface area contributed by atoms with Gasteiger partial charge in [0, 0.05) is 5.56 Å². The lowest BCUT2D eigenvalue weighted by Crippen LogP contribution is -2.21. The van der Waals surface area contributed by atoms with Crippen molar-refractivity contribution in [1.82, 2.24) is 5.43 Å². The molecule has 0 fully saturated rings. The number of carboxylic acid groups (broad SMARTS) is 1. The van der Waals surface area contributed by atoms with Crippen LogP contribution < -0.4 is 10.5 Å². The van der Waals surface area contributed by atoms with Gasteiger partial charge in [-0.25, -0.2) is 9.82 Å². The van der Waals surface area contributed by atoms with Gasteiger partial charge in [-0.1, -0.05) is 36.4 Å². The fourth-order valence-corrected chi connectivity index (χ4v) is 2.38. The zero-order chi connectivity index (χ0) is 19.4. The van der Waals surface area contributed by atoms with Crippen molar-refractivity contribution in [1.29, 1.82) is 0 Å². The average molecular weight is 365 g/mol. The quantitative estimate of drug-likeness (QED) is 0.555. The number of benzene rings is 2. The van der Waals surface area contributed by atoms with Gasteiger partial charge in [0.2, 0.25) is 0 Å². The molecule has 0 saturated carbocycles. The average Bonchev–Trinajstić information content (AvgIpc) is 3.17. The summed E-state index contributed by atoms with van der Waals surface area (Å²) < 4.78 is 18.8. The van der Waals surface area contributed by atoms with Gasteiger partial charge in [0.15, 0.2) is 0 Å². The third-order valence-electron chi connectivity index (χ3n) is 3.84. The van der Waals surface area contributed by atoms with Crippen molar-refractivity contribution in [3.63, 3.8) is 0 Å². The lowest BCUT2D eigenvalue weighted by atomic mass is 10.1. The van der Waals surface area contributed by atoms with Gasteiger partial charge in [-0.05, 0) is 36.8 Å². The lowest BCUT2D eigenvalue weighted by molar-refractivity contribution is -0.257. The summed E-state index contributed by atoms with van der Waals surface area (Å²) in [7, 11) is 0.